The molecule has 2 rings (SSSR count). The third-order valence-electron chi connectivity index (χ3n) is 2.50. The van der Waals surface area contributed by atoms with E-state index in [1.165, 1.54) is 4.80 Å². The molecule has 102 valence electrons. The van der Waals surface area contributed by atoms with Gasteiger partial charge in [-0.15, -0.1) is 21.8 Å². The fraction of sp³-hybridized carbons (Fsp3) is 0.417. The number of ether oxygens (including phenoxy) is 1. The van der Waals surface area contributed by atoms with Gasteiger partial charge in [-0.05, 0) is 30.3 Å². The van der Waals surface area contributed by atoms with Crippen LogP contribution in [0, 0.1) is 0 Å². The van der Waals surface area contributed by atoms with Gasteiger partial charge >= 0.3 is 0 Å². The summed E-state index contributed by atoms with van der Waals surface area (Å²) in [6.45, 7) is 3.09. The predicted octanol–water partition coefficient (Wildman–Crippen LogP) is 1.96. The highest BCUT2D eigenvalue weighted by Crippen LogP contribution is 2.24. The van der Waals surface area contributed by atoms with E-state index in [0.717, 1.165) is 17.0 Å². The second kappa shape index (κ2) is 6.38. The van der Waals surface area contributed by atoms with Crippen molar-refractivity contribution in [3.05, 3.63) is 29.6 Å². The molecule has 0 atom stereocenters. The maximum Gasteiger partial charge on any atom is 0.193 e. The van der Waals surface area contributed by atoms with Gasteiger partial charge in [0.2, 0.25) is 0 Å². The molecule has 1 aromatic heterocycles. The number of aryl methyl sites for hydroxylation is 1. The molecule has 6 nitrogen and oxygen atoms in total. The number of rotatable bonds is 6. The number of tetrazole rings is 1. The Morgan fingerprint density at radius 1 is 1.42 bits per heavy atom. The molecular weight excluding hydrogens is 266 g/mol. The molecule has 0 aliphatic rings. The van der Waals surface area contributed by atoms with Gasteiger partial charge < -0.3 is 10.1 Å². The van der Waals surface area contributed by atoms with Crippen molar-refractivity contribution < 1.29 is 4.74 Å². The molecule has 1 aromatic carbocycles. The minimum atomic E-state index is 0.411. The lowest BCUT2D eigenvalue weighted by atomic mass is 10.2. The van der Waals surface area contributed by atoms with Crippen LogP contribution in [0.4, 0.5) is 5.69 Å². The van der Waals surface area contributed by atoms with Crippen molar-refractivity contribution in [3.8, 4) is 5.75 Å². The number of aromatic nitrogens is 4. The van der Waals surface area contributed by atoms with Crippen LogP contribution in [0.2, 0.25) is 0 Å². The van der Waals surface area contributed by atoms with Crippen LogP contribution in [0.3, 0.4) is 0 Å². The second-order valence-corrected chi connectivity index (χ2v) is 4.21. The molecule has 2 aromatic rings. The van der Waals surface area contributed by atoms with Gasteiger partial charge in [-0.1, -0.05) is 0 Å². The molecule has 0 radical (unpaired) electrons. The molecule has 0 bridgehead atoms. The summed E-state index contributed by atoms with van der Waals surface area (Å²) in [5, 5.41) is 15.0. The molecule has 7 heteroatoms. The zero-order valence-corrected chi connectivity index (χ0v) is 11.7. The first-order valence-corrected chi connectivity index (χ1v) is 6.54. The Kier molecular flexibility index (Phi) is 4.57. The van der Waals surface area contributed by atoms with Gasteiger partial charge in [-0.2, -0.15) is 4.80 Å². The van der Waals surface area contributed by atoms with E-state index in [-0.39, 0.29) is 0 Å². The van der Waals surface area contributed by atoms with Crippen LogP contribution in [0.5, 0.6) is 5.75 Å². The lowest BCUT2D eigenvalue weighted by Crippen LogP contribution is -2.03. The highest BCUT2D eigenvalue weighted by molar-refractivity contribution is 6.17. The Labute approximate surface area is 116 Å². The van der Waals surface area contributed by atoms with E-state index in [4.69, 9.17) is 16.3 Å². The van der Waals surface area contributed by atoms with Crippen molar-refractivity contribution >= 4 is 17.3 Å². The smallest absolute Gasteiger partial charge is 0.193 e. The summed E-state index contributed by atoms with van der Waals surface area (Å²) in [6, 6.07) is 5.82. The van der Waals surface area contributed by atoms with E-state index in [1.807, 2.05) is 25.1 Å². The van der Waals surface area contributed by atoms with Gasteiger partial charge in [0.05, 0.1) is 26.1 Å². The fourth-order valence-electron chi connectivity index (χ4n) is 1.67. The third kappa shape index (κ3) is 3.57. The summed E-state index contributed by atoms with van der Waals surface area (Å²) in [5.41, 5.74) is 1.91. The van der Waals surface area contributed by atoms with Crippen LogP contribution in [-0.2, 0) is 19.5 Å². The average Bonchev–Trinajstić information content (AvgIpc) is 2.83. The van der Waals surface area contributed by atoms with E-state index in [2.05, 4.69) is 20.7 Å². The van der Waals surface area contributed by atoms with Gasteiger partial charge in [0, 0.05) is 11.3 Å². The lowest BCUT2D eigenvalue weighted by molar-refractivity contribution is 0.337. The Balaban J connectivity index is 2.04. The monoisotopic (exact) mass is 281 g/mol. The first-order chi connectivity index (χ1) is 9.22. The molecule has 19 heavy (non-hydrogen) atoms. The number of anilines is 1. The highest BCUT2D eigenvalue weighted by Gasteiger charge is 2.05. The minimum Gasteiger partial charge on any atom is -0.494 e. The first kappa shape index (κ1) is 13.6. The molecule has 1 N–H and O–H groups in total. The summed E-state index contributed by atoms with van der Waals surface area (Å²) >= 11 is 5.91. The summed E-state index contributed by atoms with van der Waals surface area (Å²) in [4.78, 5) is 1.43. The molecule has 0 saturated heterocycles. The van der Waals surface area contributed by atoms with E-state index < -0.39 is 0 Å². The van der Waals surface area contributed by atoms with Crippen LogP contribution in [0.25, 0.3) is 0 Å². The molecule has 0 fully saturated rings. The molecule has 0 saturated carbocycles. The summed E-state index contributed by atoms with van der Waals surface area (Å²) in [5.74, 6) is 1.87. The predicted molar refractivity (Wildman–Crippen MR) is 73.3 cm³/mol. The SMILES string of the molecule is CCOc1ccc(NCc2nnn(C)n2)cc1CCl. The van der Waals surface area contributed by atoms with E-state index in [1.54, 1.807) is 7.05 Å². The van der Waals surface area contributed by atoms with Crippen LogP contribution >= 0.6 is 11.6 Å². The zero-order chi connectivity index (χ0) is 13.7. The Morgan fingerprint density at radius 3 is 2.89 bits per heavy atom. The van der Waals surface area contributed by atoms with Crippen molar-refractivity contribution in [2.75, 3.05) is 11.9 Å². The summed E-state index contributed by atoms with van der Waals surface area (Å²) in [6.07, 6.45) is 0. The minimum absolute atomic E-state index is 0.411. The van der Waals surface area contributed by atoms with Gasteiger partial charge in [-0.3, -0.25) is 0 Å². The van der Waals surface area contributed by atoms with Gasteiger partial charge in [0.15, 0.2) is 5.82 Å². The van der Waals surface area contributed by atoms with Gasteiger partial charge in [0.25, 0.3) is 0 Å². The van der Waals surface area contributed by atoms with Crippen LogP contribution in [0.15, 0.2) is 18.2 Å². The molecule has 0 aliphatic heterocycles. The number of nitrogens with zero attached hydrogens (tertiary/aromatic N) is 4. The number of benzene rings is 1. The normalized spacial score (nSPS) is 10.5. The molecular formula is C12H16ClN5O. The maximum absolute atomic E-state index is 5.91. The first-order valence-electron chi connectivity index (χ1n) is 6.01. The average molecular weight is 282 g/mol. The standard InChI is InChI=1S/C12H16ClN5O/c1-3-19-11-5-4-10(6-9(11)7-13)14-8-12-15-17-18(2)16-12/h4-6,14H,3,7-8H2,1-2H3. The van der Waals surface area contributed by atoms with E-state index in [9.17, 15) is 0 Å². The third-order valence-corrected chi connectivity index (χ3v) is 2.79. The maximum atomic E-state index is 5.91. The fourth-order valence-corrected chi connectivity index (χ4v) is 1.87. The lowest BCUT2D eigenvalue weighted by Gasteiger charge is -2.11. The van der Waals surface area contributed by atoms with Gasteiger partial charge in [-0.25, -0.2) is 0 Å². The largest absolute Gasteiger partial charge is 0.494 e. The number of alkyl halides is 1. The van der Waals surface area contributed by atoms with E-state index in [0.29, 0.717) is 24.9 Å². The van der Waals surface area contributed by atoms with Gasteiger partial charge in [0.1, 0.15) is 5.75 Å². The van der Waals surface area contributed by atoms with Crippen LogP contribution in [0.1, 0.15) is 18.3 Å². The summed E-state index contributed by atoms with van der Waals surface area (Å²) in [7, 11) is 1.74. The van der Waals surface area contributed by atoms with Crippen LogP contribution < -0.4 is 10.1 Å². The Hall–Kier alpha value is -1.82. The molecule has 1 heterocycles. The zero-order valence-electron chi connectivity index (χ0n) is 10.9. The second-order valence-electron chi connectivity index (χ2n) is 3.94. The van der Waals surface area contributed by atoms with Crippen LogP contribution in [-0.4, -0.2) is 26.8 Å². The quantitative estimate of drug-likeness (QED) is 0.820. The van der Waals surface area contributed by atoms with E-state index >= 15 is 0 Å². The topological polar surface area (TPSA) is 64.9 Å². The number of halogens is 1. The molecule has 0 aliphatic carbocycles. The number of hydrogen-bond donors (Lipinski definition) is 1. The molecule has 0 unspecified atom stereocenters. The van der Waals surface area contributed by atoms with Crippen molar-refractivity contribution in [2.45, 2.75) is 19.3 Å². The highest BCUT2D eigenvalue weighted by atomic mass is 35.5. The van der Waals surface area contributed by atoms with Crippen molar-refractivity contribution in [3.63, 3.8) is 0 Å². The van der Waals surface area contributed by atoms with Crippen molar-refractivity contribution in [1.29, 1.82) is 0 Å². The molecule has 0 spiro atoms. The summed E-state index contributed by atoms with van der Waals surface area (Å²) < 4.78 is 5.50. The van der Waals surface area contributed by atoms with Crippen molar-refractivity contribution in [1.82, 2.24) is 20.2 Å². The number of nitrogens with one attached hydrogen (secondary N) is 1. The van der Waals surface area contributed by atoms with Crippen molar-refractivity contribution in [2.24, 2.45) is 7.05 Å². The number of hydrogen-bond acceptors (Lipinski definition) is 5. The molecule has 0 amide bonds. The Morgan fingerprint density at radius 2 is 2.26 bits per heavy atom. The Bertz CT molecular complexity index is 543.